The van der Waals surface area contributed by atoms with Crippen molar-refractivity contribution in [3.63, 3.8) is 0 Å². The molecule has 0 saturated carbocycles. The van der Waals surface area contributed by atoms with Gasteiger partial charge in [0.2, 0.25) is 5.91 Å². The predicted octanol–water partition coefficient (Wildman–Crippen LogP) is 2.81. The summed E-state index contributed by atoms with van der Waals surface area (Å²) in [5, 5.41) is 2.65. The van der Waals surface area contributed by atoms with Crippen LogP contribution in [0.1, 0.15) is 25.3 Å². The molecule has 1 rings (SSSR count). The van der Waals surface area contributed by atoms with E-state index in [0.29, 0.717) is 17.4 Å². The number of hydrogen-bond acceptors (Lipinski definition) is 2. The SMILES string of the molecule is COc1ccc(C(C)C)cc1NC(=O)C[NH-].[Ac]. The summed E-state index contributed by atoms with van der Waals surface area (Å²) in [6, 6.07) is 5.69. The van der Waals surface area contributed by atoms with Crippen LogP contribution in [0.2, 0.25) is 0 Å². The maximum absolute atomic E-state index is 11.2. The van der Waals surface area contributed by atoms with Gasteiger partial charge in [-0.3, -0.25) is 4.79 Å². The normalized spacial score (nSPS) is 9.71. The second-order valence-corrected chi connectivity index (χ2v) is 3.84. The molecule has 91 valence electrons. The Morgan fingerprint density at radius 3 is 2.59 bits per heavy atom. The van der Waals surface area contributed by atoms with E-state index in [1.807, 2.05) is 18.2 Å². The maximum Gasteiger partial charge on any atom is 0.203 e. The van der Waals surface area contributed by atoms with Gasteiger partial charge in [-0.1, -0.05) is 26.5 Å². The minimum atomic E-state index is -0.334. The average molecular weight is 448 g/mol. The second kappa shape index (κ2) is 8.07. The van der Waals surface area contributed by atoms with Crippen LogP contribution in [-0.2, 0) is 4.79 Å². The number of rotatable bonds is 4. The summed E-state index contributed by atoms with van der Waals surface area (Å²) in [7, 11) is 1.56. The maximum atomic E-state index is 11.2. The van der Waals surface area contributed by atoms with Gasteiger partial charge >= 0.3 is 0 Å². The van der Waals surface area contributed by atoms with Crippen LogP contribution >= 0.6 is 0 Å². The summed E-state index contributed by atoms with van der Waals surface area (Å²) in [6.07, 6.45) is 0. The minimum absolute atomic E-state index is 0. The first-order valence-electron chi connectivity index (χ1n) is 5.21. The molecule has 0 aliphatic carbocycles. The molecule has 0 aliphatic rings. The third-order valence-corrected chi connectivity index (χ3v) is 2.32. The molecule has 0 unspecified atom stereocenters. The zero-order chi connectivity index (χ0) is 12.1. The third kappa shape index (κ3) is 4.95. The van der Waals surface area contributed by atoms with Crippen LogP contribution in [0, 0.1) is 44.1 Å². The first-order valence-corrected chi connectivity index (χ1v) is 5.21. The van der Waals surface area contributed by atoms with Gasteiger partial charge in [0.25, 0.3) is 0 Å². The number of ether oxygens (including phenoxy) is 1. The first-order chi connectivity index (χ1) is 7.58. The van der Waals surface area contributed by atoms with Gasteiger partial charge in [0.15, 0.2) is 0 Å². The number of benzene rings is 1. The molecular formula is C12H17AcN2O2-. The fourth-order valence-electron chi connectivity index (χ4n) is 1.38. The fourth-order valence-corrected chi connectivity index (χ4v) is 1.38. The molecule has 0 saturated heterocycles. The van der Waals surface area contributed by atoms with Crippen molar-refractivity contribution in [2.24, 2.45) is 0 Å². The molecule has 1 radical (unpaired) electrons. The Morgan fingerprint density at radius 1 is 1.47 bits per heavy atom. The van der Waals surface area contributed by atoms with Crippen molar-refractivity contribution < 1.29 is 53.6 Å². The fraction of sp³-hybridized carbons (Fsp3) is 0.417. The monoisotopic (exact) mass is 448 g/mol. The van der Waals surface area contributed by atoms with Crippen LogP contribution in [-0.4, -0.2) is 19.6 Å². The first kappa shape index (κ1) is 16.9. The van der Waals surface area contributed by atoms with Crippen LogP contribution in [0.15, 0.2) is 18.2 Å². The number of anilines is 1. The average Bonchev–Trinajstić information content (AvgIpc) is 2.28. The Kier molecular flexibility index (Phi) is 8.02. The van der Waals surface area contributed by atoms with E-state index in [2.05, 4.69) is 19.2 Å². The van der Waals surface area contributed by atoms with E-state index < -0.39 is 0 Å². The van der Waals surface area contributed by atoms with Gasteiger partial charge in [0, 0.05) is 44.1 Å². The number of carbonyl (C=O) groups is 1. The van der Waals surface area contributed by atoms with Crippen molar-refractivity contribution in [3.05, 3.63) is 29.5 Å². The molecule has 1 aromatic carbocycles. The summed E-state index contributed by atoms with van der Waals surface area (Å²) in [5.74, 6) is 0.669. The van der Waals surface area contributed by atoms with Crippen molar-refractivity contribution in [1.29, 1.82) is 0 Å². The molecule has 5 heteroatoms. The second-order valence-electron chi connectivity index (χ2n) is 3.84. The summed E-state index contributed by atoms with van der Waals surface area (Å²) >= 11 is 0. The van der Waals surface area contributed by atoms with Gasteiger partial charge in [-0.2, -0.15) is 0 Å². The summed E-state index contributed by atoms with van der Waals surface area (Å²) in [5.41, 5.74) is 8.73. The zero-order valence-electron chi connectivity index (χ0n) is 10.4. The Balaban J connectivity index is 0.00000256. The summed E-state index contributed by atoms with van der Waals surface area (Å²) < 4.78 is 5.15. The molecular weight excluding hydrogens is 431 g/mol. The Bertz CT molecular complexity index is 381. The van der Waals surface area contributed by atoms with Crippen molar-refractivity contribution >= 4 is 11.6 Å². The standard InChI is InChI=1S/C12H17N2O2.Ac/c1-8(2)9-4-5-11(16-3)10(6-9)14-12(15)7-13;/h4-6,8,13H,7H2,1-3H3,(H,14,15);/q-1;. The Labute approximate surface area is 138 Å². The van der Waals surface area contributed by atoms with Gasteiger partial charge in [0.1, 0.15) is 5.75 Å². The largest absolute Gasteiger partial charge is 0.670 e. The van der Waals surface area contributed by atoms with Crippen LogP contribution in [0.5, 0.6) is 5.75 Å². The van der Waals surface area contributed by atoms with Gasteiger partial charge in [-0.15, -0.1) is 0 Å². The smallest absolute Gasteiger partial charge is 0.203 e. The topological polar surface area (TPSA) is 62.1 Å². The molecule has 2 N–H and O–H groups in total. The van der Waals surface area contributed by atoms with E-state index in [9.17, 15) is 4.79 Å². The quantitative estimate of drug-likeness (QED) is 0.771. The van der Waals surface area contributed by atoms with E-state index >= 15 is 0 Å². The van der Waals surface area contributed by atoms with E-state index in [4.69, 9.17) is 10.5 Å². The summed E-state index contributed by atoms with van der Waals surface area (Å²) in [6.45, 7) is 3.88. The van der Waals surface area contributed by atoms with Crippen LogP contribution < -0.4 is 10.1 Å². The van der Waals surface area contributed by atoms with Gasteiger partial charge in [0.05, 0.1) is 12.8 Å². The molecule has 0 aliphatic heterocycles. The number of methoxy groups -OCH3 is 1. The predicted molar refractivity (Wildman–Crippen MR) is 64.9 cm³/mol. The van der Waals surface area contributed by atoms with Crippen LogP contribution in [0.3, 0.4) is 0 Å². The van der Waals surface area contributed by atoms with Gasteiger partial charge in [-0.05, 0) is 23.6 Å². The molecule has 4 nitrogen and oxygen atoms in total. The third-order valence-electron chi connectivity index (χ3n) is 2.32. The van der Waals surface area contributed by atoms with E-state index in [1.165, 1.54) is 0 Å². The van der Waals surface area contributed by atoms with Crippen molar-refractivity contribution in [3.8, 4) is 5.75 Å². The molecule has 0 bridgehead atoms. The van der Waals surface area contributed by atoms with Crippen molar-refractivity contribution in [1.82, 2.24) is 0 Å². The van der Waals surface area contributed by atoms with Crippen molar-refractivity contribution in [2.45, 2.75) is 19.8 Å². The van der Waals surface area contributed by atoms with Crippen molar-refractivity contribution in [2.75, 3.05) is 19.0 Å². The number of hydrogen-bond donors (Lipinski definition) is 1. The Morgan fingerprint density at radius 2 is 2.12 bits per heavy atom. The molecule has 0 atom stereocenters. The van der Waals surface area contributed by atoms with E-state index in [0.717, 1.165) is 5.56 Å². The molecule has 17 heavy (non-hydrogen) atoms. The zero-order valence-corrected chi connectivity index (χ0v) is 15.2. The number of nitrogens with one attached hydrogen (secondary N) is 2. The molecule has 0 heterocycles. The molecule has 0 aromatic heterocycles. The molecule has 0 fully saturated rings. The summed E-state index contributed by atoms with van der Waals surface area (Å²) in [4.78, 5) is 11.2. The molecule has 1 amide bonds. The minimum Gasteiger partial charge on any atom is -0.670 e. The Hall–Kier alpha value is -0.108. The van der Waals surface area contributed by atoms with E-state index in [-0.39, 0.29) is 56.5 Å². The van der Waals surface area contributed by atoms with Gasteiger partial charge < -0.3 is 15.8 Å². The molecule has 0 spiro atoms. The van der Waals surface area contributed by atoms with Gasteiger partial charge in [-0.25, -0.2) is 0 Å². The van der Waals surface area contributed by atoms with Crippen LogP contribution in [0.25, 0.3) is 5.73 Å². The number of carbonyl (C=O) groups excluding carboxylic acids is 1. The van der Waals surface area contributed by atoms with E-state index in [1.54, 1.807) is 7.11 Å². The number of amides is 1. The van der Waals surface area contributed by atoms with Crippen LogP contribution in [0.4, 0.5) is 5.69 Å². The molecule has 1 aromatic rings.